The molecule has 0 aromatic carbocycles. The lowest BCUT2D eigenvalue weighted by molar-refractivity contribution is -0.118. The summed E-state index contributed by atoms with van der Waals surface area (Å²) >= 11 is 1.43. The van der Waals surface area contributed by atoms with Crippen LogP contribution in [0.1, 0.15) is 25.7 Å². The van der Waals surface area contributed by atoms with E-state index in [9.17, 15) is 4.79 Å². The van der Waals surface area contributed by atoms with Gasteiger partial charge in [0, 0.05) is 6.20 Å². The van der Waals surface area contributed by atoms with Gasteiger partial charge in [0.05, 0.1) is 16.3 Å². The van der Waals surface area contributed by atoms with Crippen LogP contribution >= 0.6 is 11.3 Å². The molecule has 1 unspecified atom stereocenters. The number of carbonyl (C=O) groups excluding carboxylic acids is 1. The minimum Gasteiger partial charge on any atom is -0.338 e. The molecule has 0 radical (unpaired) electrons. The van der Waals surface area contributed by atoms with Gasteiger partial charge in [0.25, 0.3) is 0 Å². The lowest BCUT2D eigenvalue weighted by Gasteiger charge is -1.97. The fourth-order valence-corrected chi connectivity index (χ4v) is 1.56. The van der Waals surface area contributed by atoms with Crippen molar-refractivity contribution >= 4 is 17.1 Å². The zero-order valence-electron chi connectivity index (χ0n) is 8.30. The molecule has 0 aliphatic rings. The molecule has 2 heterocycles. The molecule has 6 heteroatoms. The summed E-state index contributed by atoms with van der Waals surface area (Å²) in [4.78, 5) is 20.0. The number of aromatic nitrogens is 3. The van der Waals surface area contributed by atoms with E-state index >= 15 is 0 Å². The van der Waals surface area contributed by atoms with Gasteiger partial charge < -0.3 is 4.52 Å². The summed E-state index contributed by atoms with van der Waals surface area (Å²) in [5, 5.41) is 3.79. The van der Waals surface area contributed by atoms with Crippen LogP contribution in [0.2, 0.25) is 0 Å². The van der Waals surface area contributed by atoms with Gasteiger partial charge in [0.2, 0.25) is 11.7 Å². The van der Waals surface area contributed by atoms with Gasteiger partial charge in [-0.2, -0.15) is 4.98 Å². The third-order valence-electron chi connectivity index (χ3n) is 2.07. The lowest BCUT2D eigenvalue weighted by Crippen LogP contribution is -2.04. The maximum Gasteiger partial charge on any atom is 0.237 e. The van der Waals surface area contributed by atoms with Crippen molar-refractivity contribution in [3.63, 3.8) is 0 Å². The van der Waals surface area contributed by atoms with E-state index in [4.69, 9.17) is 4.52 Å². The molecule has 5 nitrogen and oxygen atoms in total. The monoisotopic (exact) mass is 223 g/mol. The number of ketones is 1. The van der Waals surface area contributed by atoms with Gasteiger partial charge in [-0.15, -0.1) is 11.3 Å². The van der Waals surface area contributed by atoms with Crippen LogP contribution in [0.25, 0.3) is 10.7 Å². The summed E-state index contributed by atoms with van der Waals surface area (Å²) in [7, 11) is 0. The Hall–Kier alpha value is -1.56. The Bertz CT molecular complexity index is 463. The fraction of sp³-hybridized carbons (Fsp3) is 0.333. The van der Waals surface area contributed by atoms with Crippen LogP contribution in [0.3, 0.4) is 0 Å². The Morgan fingerprint density at radius 2 is 2.40 bits per heavy atom. The average Bonchev–Trinajstić information content (AvgIpc) is 2.86. The van der Waals surface area contributed by atoms with Crippen molar-refractivity contribution in [3.05, 3.63) is 17.6 Å². The minimum atomic E-state index is -0.348. The van der Waals surface area contributed by atoms with Crippen molar-refractivity contribution in [3.8, 4) is 10.7 Å². The molecule has 0 amide bonds. The second-order valence-electron chi connectivity index (χ2n) is 3.15. The lowest BCUT2D eigenvalue weighted by atomic mass is 10.1. The maximum absolute atomic E-state index is 11.1. The van der Waals surface area contributed by atoms with E-state index in [1.165, 1.54) is 18.3 Å². The molecule has 78 valence electrons. The van der Waals surface area contributed by atoms with E-state index < -0.39 is 0 Å². The first-order valence-corrected chi connectivity index (χ1v) is 5.29. The Morgan fingerprint density at radius 3 is 3.00 bits per heavy atom. The summed E-state index contributed by atoms with van der Waals surface area (Å²) in [6.07, 6.45) is 1.66. The smallest absolute Gasteiger partial charge is 0.237 e. The molecule has 0 aliphatic heterocycles. The Morgan fingerprint density at radius 1 is 1.60 bits per heavy atom. The van der Waals surface area contributed by atoms with E-state index in [2.05, 4.69) is 15.1 Å². The van der Waals surface area contributed by atoms with E-state index in [1.807, 2.05) is 0 Å². The van der Waals surface area contributed by atoms with Crippen LogP contribution in [-0.4, -0.2) is 20.9 Å². The predicted octanol–water partition coefficient (Wildman–Crippen LogP) is 1.89. The molecule has 2 rings (SSSR count). The number of thiazole rings is 1. The van der Waals surface area contributed by atoms with Crippen LogP contribution in [-0.2, 0) is 4.79 Å². The minimum absolute atomic E-state index is 0.00880. The molecule has 0 N–H and O–H groups in total. The second kappa shape index (κ2) is 3.90. The molecule has 0 fully saturated rings. The summed E-state index contributed by atoms with van der Waals surface area (Å²) in [6, 6.07) is 0. The molecule has 0 spiro atoms. The zero-order chi connectivity index (χ0) is 10.8. The molecule has 2 aromatic heterocycles. The molecule has 15 heavy (non-hydrogen) atoms. The van der Waals surface area contributed by atoms with E-state index in [1.54, 1.807) is 18.6 Å². The standard InChI is InChI=1S/C9H9N3O2S/c1-5(6(2)13)9-11-8(12-14-9)7-3-10-4-15-7/h3-5H,1-2H3. The van der Waals surface area contributed by atoms with Crippen molar-refractivity contribution in [1.29, 1.82) is 0 Å². The van der Waals surface area contributed by atoms with Gasteiger partial charge in [-0.05, 0) is 13.8 Å². The highest BCUT2D eigenvalue weighted by Gasteiger charge is 2.19. The number of Topliss-reactive ketones (excluding diaryl/α,β-unsaturated/α-hetero) is 1. The summed E-state index contributed by atoms with van der Waals surface area (Å²) in [5.41, 5.74) is 1.69. The molecule has 0 saturated carbocycles. The number of hydrogen-bond acceptors (Lipinski definition) is 6. The van der Waals surface area contributed by atoms with E-state index in [0.29, 0.717) is 11.7 Å². The van der Waals surface area contributed by atoms with Crippen molar-refractivity contribution in [2.24, 2.45) is 0 Å². The van der Waals surface area contributed by atoms with Crippen LogP contribution in [0.5, 0.6) is 0 Å². The Kier molecular flexibility index (Phi) is 2.59. The Labute approximate surface area is 90.2 Å². The third-order valence-corrected chi connectivity index (χ3v) is 2.84. The van der Waals surface area contributed by atoms with Crippen LogP contribution in [0.4, 0.5) is 0 Å². The largest absolute Gasteiger partial charge is 0.338 e. The second-order valence-corrected chi connectivity index (χ2v) is 4.04. The normalized spacial score (nSPS) is 12.7. The first kappa shape index (κ1) is 9.97. The van der Waals surface area contributed by atoms with Gasteiger partial charge in [0.1, 0.15) is 5.78 Å². The summed E-state index contributed by atoms with van der Waals surface area (Å²) in [6.45, 7) is 3.24. The third kappa shape index (κ3) is 1.94. The maximum atomic E-state index is 11.1. The van der Waals surface area contributed by atoms with Gasteiger partial charge >= 0.3 is 0 Å². The fourth-order valence-electron chi connectivity index (χ4n) is 1.01. The highest BCUT2D eigenvalue weighted by atomic mass is 32.1. The van der Waals surface area contributed by atoms with Gasteiger partial charge in [-0.3, -0.25) is 9.78 Å². The van der Waals surface area contributed by atoms with Crippen molar-refractivity contribution < 1.29 is 9.32 Å². The van der Waals surface area contributed by atoms with Crippen molar-refractivity contribution in [1.82, 2.24) is 15.1 Å². The number of nitrogens with zero attached hydrogens (tertiary/aromatic N) is 3. The number of rotatable bonds is 3. The molecule has 2 aromatic rings. The highest BCUT2D eigenvalue weighted by molar-refractivity contribution is 7.13. The van der Waals surface area contributed by atoms with Crippen molar-refractivity contribution in [2.45, 2.75) is 19.8 Å². The molecule has 0 saturated heterocycles. The van der Waals surface area contributed by atoms with Gasteiger partial charge in [-0.25, -0.2) is 0 Å². The molecule has 1 atom stereocenters. The first-order valence-electron chi connectivity index (χ1n) is 4.41. The van der Waals surface area contributed by atoms with Crippen molar-refractivity contribution in [2.75, 3.05) is 0 Å². The zero-order valence-corrected chi connectivity index (χ0v) is 9.11. The molecular weight excluding hydrogens is 214 g/mol. The molecule has 0 bridgehead atoms. The molecule has 0 aliphatic carbocycles. The van der Waals surface area contributed by atoms with Crippen LogP contribution in [0, 0.1) is 0 Å². The number of hydrogen-bond donors (Lipinski definition) is 0. The first-order chi connectivity index (χ1) is 7.18. The quantitative estimate of drug-likeness (QED) is 0.794. The predicted molar refractivity (Wildman–Crippen MR) is 54.5 cm³/mol. The summed E-state index contributed by atoms with van der Waals surface area (Å²) in [5.74, 6) is 0.500. The van der Waals surface area contributed by atoms with Gasteiger partial charge in [-0.1, -0.05) is 5.16 Å². The highest BCUT2D eigenvalue weighted by Crippen LogP contribution is 2.22. The number of carbonyl (C=O) groups is 1. The summed E-state index contributed by atoms with van der Waals surface area (Å²) < 4.78 is 5.01. The average molecular weight is 223 g/mol. The Balaban J connectivity index is 2.28. The van der Waals surface area contributed by atoms with E-state index in [-0.39, 0.29) is 11.7 Å². The molecular formula is C9H9N3O2S. The van der Waals surface area contributed by atoms with Crippen LogP contribution < -0.4 is 0 Å². The van der Waals surface area contributed by atoms with E-state index in [0.717, 1.165) is 4.88 Å². The van der Waals surface area contributed by atoms with Gasteiger partial charge in [0.15, 0.2) is 0 Å². The van der Waals surface area contributed by atoms with Crippen LogP contribution in [0.15, 0.2) is 16.2 Å². The SMILES string of the molecule is CC(=O)C(C)c1nc(-c2cncs2)no1. The topological polar surface area (TPSA) is 68.9 Å².